The minimum atomic E-state index is -3.05. The topological polar surface area (TPSA) is 98.1 Å². The van der Waals surface area contributed by atoms with Gasteiger partial charge in [-0.3, -0.25) is 4.68 Å². The lowest BCUT2D eigenvalue weighted by Crippen LogP contribution is -2.50. The van der Waals surface area contributed by atoms with Crippen molar-refractivity contribution in [3.05, 3.63) is 40.4 Å². The highest BCUT2D eigenvalue weighted by Gasteiger charge is 2.39. The van der Waals surface area contributed by atoms with Crippen molar-refractivity contribution in [2.24, 2.45) is 7.05 Å². The average Bonchev–Trinajstić information content (AvgIpc) is 3.17. The Hall–Kier alpha value is -2.08. The van der Waals surface area contributed by atoms with E-state index in [0.717, 1.165) is 23.0 Å². The van der Waals surface area contributed by atoms with Crippen LogP contribution in [0.25, 0.3) is 10.9 Å². The molecule has 4 rings (SSSR count). The highest BCUT2D eigenvalue weighted by molar-refractivity contribution is 7.95. The van der Waals surface area contributed by atoms with Crippen molar-refractivity contribution < 1.29 is 23.0 Å². The number of fused-ring (bicyclic) bond motifs is 1. The van der Waals surface area contributed by atoms with Crippen LogP contribution in [-0.2, 0) is 26.4 Å². The number of hydrogen-bond acceptors (Lipinski definition) is 6. The van der Waals surface area contributed by atoms with Gasteiger partial charge in [0.25, 0.3) is 10.4 Å². The Balaban J connectivity index is 1.50. The van der Waals surface area contributed by atoms with Crippen molar-refractivity contribution >= 4 is 56.0 Å². The van der Waals surface area contributed by atoms with Crippen LogP contribution in [0.2, 0.25) is 10.0 Å². The van der Waals surface area contributed by atoms with Crippen molar-refractivity contribution in [1.29, 1.82) is 0 Å². The van der Waals surface area contributed by atoms with E-state index >= 15 is 0 Å². The van der Waals surface area contributed by atoms with Gasteiger partial charge in [0.2, 0.25) is 0 Å². The largest absolute Gasteiger partial charge is 0.493 e. The van der Waals surface area contributed by atoms with Crippen LogP contribution in [0.15, 0.2) is 30.3 Å². The fourth-order valence-corrected chi connectivity index (χ4v) is 6.02. The van der Waals surface area contributed by atoms with Crippen molar-refractivity contribution in [1.82, 2.24) is 14.1 Å². The average molecular weight is 559 g/mol. The van der Waals surface area contributed by atoms with Gasteiger partial charge in [-0.05, 0) is 34.9 Å². The van der Waals surface area contributed by atoms with Gasteiger partial charge in [0, 0.05) is 24.2 Å². The number of rotatable bonds is 10. The lowest BCUT2D eigenvalue weighted by molar-refractivity contribution is -0.0268. The van der Waals surface area contributed by atoms with E-state index in [9.17, 15) is 8.76 Å². The molecule has 12 heteroatoms. The molecule has 9 nitrogen and oxygen atoms in total. The summed E-state index contributed by atoms with van der Waals surface area (Å²) in [5.74, 6) is 1.97. The normalized spacial score (nSPS) is 18.2. The number of benzene rings is 2. The maximum absolute atomic E-state index is 12.7. The molecule has 2 atom stereocenters. The number of aryl methyl sites for hydroxylation is 1. The van der Waals surface area contributed by atoms with E-state index in [0.29, 0.717) is 53.5 Å². The summed E-state index contributed by atoms with van der Waals surface area (Å²) in [6.07, 6.45) is 1.24. The Morgan fingerprint density at radius 2 is 2.06 bits per heavy atom. The van der Waals surface area contributed by atoms with Crippen LogP contribution in [0.3, 0.4) is 0 Å². The highest BCUT2D eigenvalue weighted by atomic mass is 35.5. The first-order valence-electron chi connectivity index (χ1n) is 11.7. The van der Waals surface area contributed by atoms with Crippen molar-refractivity contribution in [2.45, 2.75) is 25.9 Å². The Morgan fingerprint density at radius 3 is 2.78 bits per heavy atom. The molecule has 0 spiro atoms. The molecule has 2 unspecified atom stereocenters. The van der Waals surface area contributed by atoms with E-state index in [1.54, 1.807) is 28.2 Å². The SMILES string of the molecule is CCCC[S+](=O)(O)N1CCOC(COc2cc3c(cc2OC)c(Nc2ccc(Cl)c(Cl)c2)nn3C)C1. The third-order valence-corrected chi connectivity index (χ3v) is 8.71. The Kier molecular flexibility index (Phi) is 8.64. The fraction of sp³-hybridized carbons (Fsp3) is 0.458. The highest BCUT2D eigenvalue weighted by Crippen LogP contribution is 2.37. The summed E-state index contributed by atoms with van der Waals surface area (Å²) in [5, 5.41) is 9.63. The smallest absolute Gasteiger partial charge is 0.291 e. The van der Waals surface area contributed by atoms with Crippen molar-refractivity contribution in [3.63, 3.8) is 0 Å². The van der Waals surface area contributed by atoms with Gasteiger partial charge in [0.15, 0.2) is 23.1 Å². The van der Waals surface area contributed by atoms with Gasteiger partial charge in [-0.1, -0.05) is 40.9 Å². The van der Waals surface area contributed by atoms with E-state index in [1.807, 2.05) is 32.2 Å². The predicted molar refractivity (Wildman–Crippen MR) is 144 cm³/mol. The first-order valence-corrected chi connectivity index (χ1v) is 14.1. The minimum absolute atomic E-state index is 0.216. The molecule has 36 heavy (non-hydrogen) atoms. The molecule has 196 valence electrons. The van der Waals surface area contributed by atoms with Gasteiger partial charge in [0.05, 0.1) is 42.4 Å². The molecule has 2 N–H and O–H groups in total. The molecule has 1 aliphatic heterocycles. The van der Waals surface area contributed by atoms with Crippen LogP contribution >= 0.6 is 23.2 Å². The van der Waals surface area contributed by atoms with Crippen molar-refractivity contribution in [2.75, 3.05) is 44.5 Å². The summed E-state index contributed by atoms with van der Waals surface area (Å²) in [4.78, 5) is 0. The van der Waals surface area contributed by atoms with E-state index in [4.69, 9.17) is 37.4 Å². The van der Waals surface area contributed by atoms with Crippen LogP contribution < -0.4 is 14.8 Å². The Labute approximate surface area is 222 Å². The van der Waals surface area contributed by atoms with Gasteiger partial charge in [-0.25, -0.2) is 0 Å². The number of ether oxygens (including phenoxy) is 3. The molecule has 0 bridgehead atoms. The minimum Gasteiger partial charge on any atom is -0.493 e. The van der Waals surface area contributed by atoms with Crippen LogP contribution in [0.5, 0.6) is 11.5 Å². The number of unbranched alkanes of at least 4 members (excludes halogenated alkanes) is 1. The van der Waals surface area contributed by atoms with E-state index in [1.165, 1.54) is 0 Å². The molecule has 1 aliphatic rings. The van der Waals surface area contributed by atoms with Crippen LogP contribution in [0, 0.1) is 0 Å². The summed E-state index contributed by atoms with van der Waals surface area (Å²) < 4.78 is 44.0. The molecule has 2 heterocycles. The first-order chi connectivity index (χ1) is 17.2. The number of nitrogens with one attached hydrogen (secondary N) is 1. The molecule has 1 fully saturated rings. The molecule has 0 radical (unpaired) electrons. The van der Waals surface area contributed by atoms with E-state index in [-0.39, 0.29) is 18.5 Å². The molecular weight excluding hydrogens is 527 g/mol. The maximum Gasteiger partial charge on any atom is 0.291 e. The first kappa shape index (κ1) is 27.0. The van der Waals surface area contributed by atoms with E-state index < -0.39 is 10.4 Å². The monoisotopic (exact) mass is 557 g/mol. The van der Waals surface area contributed by atoms with Gasteiger partial charge >= 0.3 is 0 Å². The molecule has 0 aliphatic carbocycles. The van der Waals surface area contributed by atoms with Crippen LogP contribution in [0.1, 0.15) is 19.8 Å². The van der Waals surface area contributed by atoms with Gasteiger partial charge in [-0.2, -0.15) is 9.65 Å². The van der Waals surface area contributed by atoms with Gasteiger partial charge < -0.3 is 19.5 Å². The maximum atomic E-state index is 12.7. The second kappa shape index (κ2) is 11.5. The quantitative estimate of drug-likeness (QED) is 0.322. The molecule has 0 amide bonds. The van der Waals surface area contributed by atoms with E-state index in [2.05, 4.69) is 10.4 Å². The second-order valence-corrected chi connectivity index (χ2v) is 11.6. The zero-order valence-corrected chi connectivity index (χ0v) is 22.8. The summed E-state index contributed by atoms with van der Waals surface area (Å²) in [6, 6.07) is 9.00. The second-order valence-electron chi connectivity index (χ2n) is 8.60. The molecule has 1 saturated heterocycles. The van der Waals surface area contributed by atoms with Gasteiger partial charge in [-0.15, -0.1) is 0 Å². The number of methoxy groups -OCH3 is 1. The summed E-state index contributed by atoms with van der Waals surface area (Å²) in [7, 11) is 0.368. The third-order valence-electron chi connectivity index (χ3n) is 6.01. The number of anilines is 2. The lowest BCUT2D eigenvalue weighted by Gasteiger charge is -2.30. The van der Waals surface area contributed by atoms with Gasteiger partial charge in [0.1, 0.15) is 12.7 Å². The standard InChI is InChI=1S/C24H30Cl2N4O5S/c1-4-5-10-36(31,32)30-8-9-34-17(14-30)15-35-23-13-21-18(12-22(23)33-3)24(28-29(21)2)27-16-6-7-19(25)20(26)11-16/h6-7,11-13,17H,4-5,8-10,14-15H2,1-3H3,(H-,27,28,31,32)/p+1. The molecular formula is C24H31Cl2N4O5S+. The zero-order chi connectivity index (χ0) is 25.9. The van der Waals surface area contributed by atoms with Crippen molar-refractivity contribution in [3.8, 4) is 11.5 Å². The van der Waals surface area contributed by atoms with Crippen LogP contribution in [0.4, 0.5) is 11.5 Å². The predicted octanol–water partition coefficient (Wildman–Crippen LogP) is 5.40. The number of morpholine rings is 1. The Morgan fingerprint density at radius 1 is 1.25 bits per heavy atom. The number of halogens is 2. The van der Waals surface area contributed by atoms with Crippen LogP contribution in [-0.4, -0.2) is 63.9 Å². The number of aromatic nitrogens is 2. The third kappa shape index (κ3) is 6.07. The lowest BCUT2D eigenvalue weighted by atomic mass is 10.2. The summed E-state index contributed by atoms with van der Waals surface area (Å²) in [5.41, 5.74) is 1.58. The molecule has 0 saturated carbocycles. The summed E-state index contributed by atoms with van der Waals surface area (Å²) in [6.45, 7) is 3.35. The fourth-order valence-electron chi connectivity index (χ4n) is 4.04. The zero-order valence-electron chi connectivity index (χ0n) is 20.5. The molecule has 2 aromatic carbocycles. The summed E-state index contributed by atoms with van der Waals surface area (Å²) >= 11 is 12.2. The Bertz CT molecular complexity index is 1270. The molecule has 1 aromatic heterocycles. The number of hydrogen-bond donors (Lipinski definition) is 2. The number of nitrogens with zero attached hydrogens (tertiary/aromatic N) is 3. The molecule has 3 aromatic rings.